The Morgan fingerprint density at radius 3 is 2.50 bits per heavy atom. The largest absolute Gasteiger partial charge is 0.417 e. The number of benzene rings is 1. The monoisotopic (exact) mass is 309 g/mol. The van der Waals surface area contributed by atoms with Gasteiger partial charge in [-0.2, -0.15) is 17.5 Å². The lowest BCUT2D eigenvalue weighted by Crippen LogP contribution is -2.31. The summed E-state index contributed by atoms with van der Waals surface area (Å²) in [5.41, 5.74) is -1.16. The quantitative estimate of drug-likeness (QED) is 0.925. The van der Waals surface area contributed by atoms with Crippen LogP contribution in [0.4, 0.5) is 13.2 Å². The standard InChI is InChI=1S/C12H14F3NO3S/c13-12(14,15)10-3-1-2-4-11(10)20(18,19)16-6-5-9(7-16)8-17/h1-4,9,17H,5-8H2. The maximum Gasteiger partial charge on any atom is 0.417 e. The third-order valence-electron chi connectivity index (χ3n) is 3.32. The normalized spacial score (nSPS) is 21.3. The Morgan fingerprint density at radius 1 is 1.30 bits per heavy atom. The molecule has 2 rings (SSSR count). The van der Waals surface area contributed by atoms with Gasteiger partial charge in [-0.05, 0) is 24.5 Å². The van der Waals surface area contributed by atoms with Gasteiger partial charge < -0.3 is 5.11 Å². The molecule has 8 heteroatoms. The van der Waals surface area contributed by atoms with Crippen LogP contribution < -0.4 is 0 Å². The van der Waals surface area contributed by atoms with Crippen molar-refractivity contribution in [2.75, 3.05) is 19.7 Å². The summed E-state index contributed by atoms with van der Waals surface area (Å²) in [6, 6.07) is 4.14. The molecule has 4 nitrogen and oxygen atoms in total. The van der Waals surface area contributed by atoms with Crippen LogP contribution in [-0.2, 0) is 16.2 Å². The predicted molar refractivity (Wildman–Crippen MR) is 65.4 cm³/mol. The van der Waals surface area contributed by atoms with Crippen molar-refractivity contribution in [3.63, 3.8) is 0 Å². The molecule has 0 spiro atoms. The molecule has 20 heavy (non-hydrogen) atoms. The summed E-state index contributed by atoms with van der Waals surface area (Å²) in [5.74, 6) is -0.220. The molecule has 0 aromatic heterocycles. The Hall–Kier alpha value is -1.12. The Bertz CT molecular complexity index is 586. The van der Waals surface area contributed by atoms with E-state index in [4.69, 9.17) is 5.11 Å². The lowest BCUT2D eigenvalue weighted by Gasteiger charge is -2.19. The van der Waals surface area contributed by atoms with Gasteiger partial charge in [-0.15, -0.1) is 0 Å². The molecule has 0 amide bonds. The van der Waals surface area contributed by atoms with E-state index in [9.17, 15) is 21.6 Å². The highest BCUT2D eigenvalue weighted by Crippen LogP contribution is 2.36. The molecular formula is C12H14F3NO3S. The number of rotatable bonds is 3. The van der Waals surface area contributed by atoms with E-state index >= 15 is 0 Å². The van der Waals surface area contributed by atoms with Gasteiger partial charge >= 0.3 is 6.18 Å². The summed E-state index contributed by atoms with van der Waals surface area (Å²) >= 11 is 0. The molecular weight excluding hydrogens is 295 g/mol. The molecule has 1 aliphatic rings. The zero-order valence-corrected chi connectivity index (χ0v) is 11.3. The van der Waals surface area contributed by atoms with Crippen molar-refractivity contribution in [3.8, 4) is 0 Å². The molecule has 1 aliphatic heterocycles. The first kappa shape index (κ1) is 15.3. The van der Waals surface area contributed by atoms with Crippen LogP contribution in [0.1, 0.15) is 12.0 Å². The van der Waals surface area contributed by atoms with E-state index in [0.29, 0.717) is 6.42 Å². The second kappa shape index (κ2) is 5.34. The van der Waals surface area contributed by atoms with Crippen molar-refractivity contribution in [1.82, 2.24) is 4.31 Å². The van der Waals surface area contributed by atoms with Crippen molar-refractivity contribution in [3.05, 3.63) is 29.8 Å². The van der Waals surface area contributed by atoms with E-state index in [1.165, 1.54) is 6.07 Å². The number of alkyl halides is 3. The molecule has 1 N–H and O–H groups in total. The minimum atomic E-state index is -4.72. The van der Waals surface area contributed by atoms with Gasteiger partial charge in [-0.1, -0.05) is 12.1 Å². The molecule has 1 fully saturated rings. The van der Waals surface area contributed by atoms with Crippen LogP contribution in [0.15, 0.2) is 29.2 Å². The van der Waals surface area contributed by atoms with Crippen LogP contribution >= 0.6 is 0 Å². The lowest BCUT2D eigenvalue weighted by molar-refractivity contribution is -0.139. The molecule has 0 bridgehead atoms. The molecule has 1 aromatic rings. The first-order valence-electron chi connectivity index (χ1n) is 6.04. The van der Waals surface area contributed by atoms with Gasteiger partial charge in [0.2, 0.25) is 10.0 Å². The maximum atomic E-state index is 12.9. The summed E-state index contributed by atoms with van der Waals surface area (Å²) in [4.78, 5) is -0.730. The van der Waals surface area contributed by atoms with E-state index in [0.717, 1.165) is 22.5 Å². The Balaban J connectivity index is 2.41. The third kappa shape index (κ3) is 2.82. The first-order chi connectivity index (χ1) is 9.26. The number of halogens is 3. The highest BCUT2D eigenvalue weighted by atomic mass is 32.2. The predicted octanol–water partition coefficient (Wildman–Crippen LogP) is 1.71. The van der Waals surface area contributed by atoms with Crippen LogP contribution in [-0.4, -0.2) is 37.5 Å². The number of aliphatic hydroxyl groups is 1. The number of nitrogens with zero attached hydrogens (tertiary/aromatic N) is 1. The van der Waals surface area contributed by atoms with Gasteiger partial charge in [0.25, 0.3) is 0 Å². The maximum absolute atomic E-state index is 12.9. The van der Waals surface area contributed by atoms with Crippen molar-refractivity contribution in [2.24, 2.45) is 5.92 Å². The summed E-state index contributed by atoms with van der Waals surface area (Å²) in [6.07, 6.45) is -4.27. The minimum Gasteiger partial charge on any atom is -0.396 e. The number of aliphatic hydroxyl groups excluding tert-OH is 1. The fourth-order valence-electron chi connectivity index (χ4n) is 2.23. The summed E-state index contributed by atoms with van der Waals surface area (Å²) in [7, 11) is -4.19. The van der Waals surface area contributed by atoms with Crippen LogP contribution in [0, 0.1) is 5.92 Å². The third-order valence-corrected chi connectivity index (χ3v) is 5.24. The average Bonchev–Trinajstić information content (AvgIpc) is 2.87. The molecule has 0 saturated carbocycles. The number of hydrogen-bond acceptors (Lipinski definition) is 3. The molecule has 1 atom stereocenters. The number of sulfonamides is 1. The molecule has 1 saturated heterocycles. The highest BCUT2D eigenvalue weighted by Gasteiger charge is 2.40. The van der Waals surface area contributed by atoms with E-state index in [1.54, 1.807) is 0 Å². The van der Waals surface area contributed by atoms with Crippen LogP contribution in [0.25, 0.3) is 0 Å². The zero-order valence-electron chi connectivity index (χ0n) is 10.5. The van der Waals surface area contributed by atoms with Gasteiger partial charge in [0.05, 0.1) is 10.5 Å². The van der Waals surface area contributed by atoms with Crippen molar-refractivity contribution in [2.45, 2.75) is 17.5 Å². The SMILES string of the molecule is O=S(=O)(c1ccccc1C(F)(F)F)N1CCC(CO)C1. The minimum absolute atomic E-state index is 0.0467. The lowest BCUT2D eigenvalue weighted by atomic mass is 10.1. The summed E-state index contributed by atoms with van der Waals surface area (Å²) in [6.45, 7) is -0.00227. The van der Waals surface area contributed by atoms with Crippen molar-refractivity contribution >= 4 is 10.0 Å². The van der Waals surface area contributed by atoms with Crippen molar-refractivity contribution < 1.29 is 26.7 Å². The Labute approximate surface area is 114 Å². The summed E-state index contributed by atoms with van der Waals surface area (Å²) in [5, 5.41) is 9.00. The Kier molecular flexibility index (Phi) is 4.08. The molecule has 1 aromatic carbocycles. The number of hydrogen-bond donors (Lipinski definition) is 1. The smallest absolute Gasteiger partial charge is 0.396 e. The van der Waals surface area contributed by atoms with E-state index in [2.05, 4.69) is 0 Å². The molecule has 0 aliphatic carbocycles. The van der Waals surface area contributed by atoms with Gasteiger partial charge in [-0.25, -0.2) is 8.42 Å². The van der Waals surface area contributed by atoms with Gasteiger partial charge in [0.1, 0.15) is 0 Å². The fraction of sp³-hybridized carbons (Fsp3) is 0.500. The first-order valence-corrected chi connectivity index (χ1v) is 7.48. The highest BCUT2D eigenvalue weighted by molar-refractivity contribution is 7.89. The van der Waals surface area contributed by atoms with E-state index in [1.807, 2.05) is 0 Å². The second-order valence-electron chi connectivity index (χ2n) is 4.69. The fourth-order valence-corrected chi connectivity index (χ4v) is 3.97. The van der Waals surface area contributed by atoms with Gasteiger partial charge in [-0.3, -0.25) is 0 Å². The van der Waals surface area contributed by atoms with Gasteiger partial charge in [0.15, 0.2) is 0 Å². The van der Waals surface area contributed by atoms with E-state index < -0.39 is 26.7 Å². The zero-order chi connectivity index (χ0) is 15.0. The van der Waals surface area contributed by atoms with E-state index in [-0.39, 0.29) is 25.6 Å². The molecule has 1 heterocycles. The molecule has 0 radical (unpaired) electrons. The van der Waals surface area contributed by atoms with Crippen molar-refractivity contribution in [1.29, 1.82) is 0 Å². The van der Waals surface area contributed by atoms with Crippen LogP contribution in [0.5, 0.6) is 0 Å². The van der Waals surface area contributed by atoms with Crippen LogP contribution in [0.2, 0.25) is 0 Å². The van der Waals surface area contributed by atoms with Crippen LogP contribution in [0.3, 0.4) is 0 Å². The second-order valence-corrected chi connectivity index (χ2v) is 6.60. The average molecular weight is 309 g/mol. The Morgan fingerprint density at radius 2 is 1.95 bits per heavy atom. The topological polar surface area (TPSA) is 57.6 Å². The summed E-state index contributed by atoms with van der Waals surface area (Å²) < 4.78 is 64.3. The van der Waals surface area contributed by atoms with Gasteiger partial charge in [0, 0.05) is 19.7 Å². The molecule has 112 valence electrons. The molecule has 1 unspecified atom stereocenters.